The molecule has 0 spiro atoms. The van der Waals surface area contributed by atoms with Crippen molar-refractivity contribution in [3.05, 3.63) is 23.3 Å². The van der Waals surface area contributed by atoms with Gasteiger partial charge in [-0.15, -0.1) is 11.3 Å². The average molecular weight is 250 g/mol. The highest BCUT2D eigenvalue weighted by molar-refractivity contribution is 7.95. The fourth-order valence-electron chi connectivity index (χ4n) is 1.55. The monoisotopic (exact) mass is 249 g/mol. The minimum absolute atomic E-state index is 0.0275. The van der Waals surface area contributed by atoms with Crippen molar-refractivity contribution in [1.82, 2.24) is 4.72 Å². The number of hydrogen-bond donors (Lipinski definition) is 1. The van der Waals surface area contributed by atoms with Crippen molar-refractivity contribution in [2.45, 2.75) is 25.7 Å². The Kier molecular flexibility index (Phi) is 4.99. The molecule has 0 aromatic heterocycles. The summed E-state index contributed by atoms with van der Waals surface area (Å²) < 4.78 is 25.5. The van der Waals surface area contributed by atoms with E-state index in [2.05, 4.69) is 11.3 Å². The zero-order valence-corrected chi connectivity index (χ0v) is 10.2. The third-order valence-corrected chi connectivity index (χ3v) is 4.11. The Bertz CT molecular complexity index is 315. The van der Waals surface area contributed by atoms with Gasteiger partial charge in [-0.25, -0.2) is 0 Å². The molecule has 3 nitrogen and oxygen atoms in total. The van der Waals surface area contributed by atoms with Crippen molar-refractivity contribution < 1.29 is 8.76 Å². The van der Waals surface area contributed by atoms with Crippen LogP contribution >= 0.6 is 11.6 Å². The van der Waals surface area contributed by atoms with Gasteiger partial charge < -0.3 is 4.55 Å². The lowest BCUT2D eigenvalue weighted by molar-refractivity contribution is 0.468. The highest BCUT2D eigenvalue weighted by Gasteiger charge is 2.21. The highest BCUT2D eigenvalue weighted by atomic mass is 35.5. The van der Waals surface area contributed by atoms with Crippen LogP contribution in [-0.2, 0) is 14.6 Å². The summed E-state index contributed by atoms with van der Waals surface area (Å²) in [5, 5.41) is 0.727. The normalized spacial score (nSPS) is 21.2. The molecule has 1 rings (SSSR count). The summed E-state index contributed by atoms with van der Waals surface area (Å²) in [5.41, 5.74) is 0.861. The van der Waals surface area contributed by atoms with E-state index >= 15 is 0 Å². The van der Waals surface area contributed by atoms with Crippen LogP contribution in [0.5, 0.6) is 0 Å². The summed E-state index contributed by atoms with van der Waals surface area (Å²) in [6, 6.07) is 0. The molecule has 5 heteroatoms. The second kappa shape index (κ2) is 5.80. The Morgan fingerprint density at radius 1 is 1.53 bits per heavy atom. The summed E-state index contributed by atoms with van der Waals surface area (Å²) in [4.78, 5) is 0. The van der Waals surface area contributed by atoms with Gasteiger partial charge in [0.2, 0.25) is 0 Å². The van der Waals surface area contributed by atoms with E-state index in [1.54, 1.807) is 0 Å². The zero-order valence-electron chi connectivity index (χ0n) is 8.63. The molecule has 1 aliphatic rings. The van der Waals surface area contributed by atoms with Crippen LogP contribution in [0.2, 0.25) is 0 Å². The Morgan fingerprint density at radius 3 is 2.80 bits per heavy atom. The smallest absolute Gasteiger partial charge is 0.150 e. The van der Waals surface area contributed by atoms with Crippen molar-refractivity contribution in [1.29, 1.82) is 0 Å². The summed E-state index contributed by atoms with van der Waals surface area (Å²) in [7, 11) is -3.24. The maximum absolute atomic E-state index is 11.6. The number of hydrogen-bond acceptors (Lipinski definition) is 2. The molecule has 1 atom stereocenters. The Labute approximate surface area is 97.0 Å². The molecule has 0 saturated carbocycles. The number of halogens is 1. The molecule has 1 unspecified atom stereocenters. The predicted octanol–water partition coefficient (Wildman–Crippen LogP) is 2.37. The quantitative estimate of drug-likeness (QED) is 0.601. The standard InChI is InChI=1S/C10H16ClNO2S/c1-2-7-12-15(13,14)8-9-5-3-4-6-10(9)11/h2H,1,3-8H2,(H-,12,13,14). The SMILES string of the molecule is C=CCN[S+](=O)([O-])CC1=C(Cl)CCCC1. The molecule has 0 amide bonds. The topological polar surface area (TPSA) is 52.2 Å². The summed E-state index contributed by atoms with van der Waals surface area (Å²) >= 11 is 5.99. The molecule has 15 heavy (non-hydrogen) atoms. The Balaban J connectivity index is 2.59. The first-order valence-electron chi connectivity index (χ1n) is 5.00. The first-order valence-corrected chi connectivity index (χ1v) is 7.03. The van der Waals surface area contributed by atoms with Gasteiger partial charge >= 0.3 is 0 Å². The van der Waals surface area contributed by atoms with E-state index in [4.69, 9.17) is 11.6 Å². The van der Waals surface area contributed by atoms with Gasteiger partial charge in [0.15, 0.2) is 0 Å². The molecule has 0 radical (unpaired) electrons. The van der Waals surface area contributed by atoms with Crippen LogP contribution < -0.4 is 4.72 Å². The van der Waals surface area contributed by atoms with Gasteiger partial charge in [0, 0.05) is 5.03 Å². The third kappa shape index (κ3) is 4.47. The van der Waals surface area contributed by atoms with Crippen molar-refractivity contribution in [3.63, 3.8) is 0 Å². The molecule has 1 aliphatic carbocycles. The first-order chi connectivity index (χ1) is 7.05. The number of sulfonamides is 1. The molecule has 0 saturated heterocycles. The minimum atomic E-state index is -3.24. The van der Waals surface area contributed by atoms with E-state index < -0.39 is 10.4 Å². The second-order valence-electron chi connectivity index (χ2n) is 3.61. The molecule has 0 fully saturated rings. The minimum Gasteiger partial charge on any atom is -0.597 e. The van der Waals surface area contributed by atoms with E-state index in [0.29, 0.717) is 0 Å². The van der Waals surface area contributed by atoms with E-state index in [-0.39, 0.29) is 12.3 Å². The van der Waals surface area contributed by atoms with Crippen molar-refractivity contribution in [3.8, 4) is 0 Å². The average Bonchev–Trinajstić information content (AvgIpc) is 2.18. The van der Waals surface area contributed by atoms with E-state index in [1.807, 2.05) is 0 Å². The molecule has 86 valence electrons. The van der Waals surface area contributed by atoms with Gasteiger partial charge in [-0.1, -0.05) is 21.9 Å². The van der Waals surface area contributed by atoms with Gasteiger partial charge in [0.1, 0.15) is 16.2 Å². The van der Waals surface area contributed by atoms with Crippen LogP contribution in [0.25, 0.3) is 0 Å². The Morgan fingerprint density at radius 2 is 2.20 bits per heavy atom. The maximum Gasteiger partial charge on any atom is 0.150 e. The van der Waals surface area contributed by atoms with Crippen molar-refractivity contribution >= 4 is 22.0 Å². The molecule has 1 N–H and O–H groups in total. The molecule has 0 aromatic carbocycles. The van der Waals surface area contributed by atoms with Gasteiger partial charge in [-0.2, -0.15) is 0 Å². The number of rotatable bonds is 5. The largest absolute Gasteiger partial charge is 0.597 e. The molecular formula is C10H16ClNO2S. The van der Waals surface area contributed by atoms with Gasteiger partial charge in [-0.05, 0) is 31.3 Å². The van der Waals surface area contributed by atoms with E-state index in [9.17, 15) is 8.76 Å². The zero-order chi connectivity index (χ0) is 11.3. The van der Waals surface area contributed by atoms with Crippen molar-refractivity contribution in [2.24, 2.45) is 0 Å². The lowest BCUT2D eigenvalue weighted by Crippen LogP contribution is -2.34. The molecule has 0 heterocycles. The predicted molar refractivity (Wildman–Crippen MR) is 63.2 cm³/mol. The summed E-state index contributed by atoms with van der Waals surface area (Å²) in [6.07, 6.45) is 5.22. The fraction of sp³-hybridized carbons (Fsp3) is 0.600. The van der Waals surface area contributed by atoms with Crippen LogP contribution in [0.15, 0.2) is 23.3 Å². The number of nitrogens with one attached hydrogen (secondary N) is 1. The third-order valence-electron chi connectivity index (χ3n) is 2.32. The van der Waals surface area contributed by atoms with Crippen LogP contribution in [0.1, 0.15) is 25.7 Å². The Hall–Kier alpha value is -0.160. The summed E-state index contributed by atoms with van der Waals surface area (Å²) in [5.74, 6) is 0.0275. The highest BCUT2D eigenvalue weighted by Crippen LogP contribution is 2.28. The fourth-order valence-corrected chi connectivity index (χ4v) is 3.17. The van der Waals surface area contributed by atoms with Crippen LogP contribution in [-0.4, -0.2) is 16.9 Å². The van der Waals surface area contributed by atoms with Crippen LogP contribution in [0, 0.1) is 0 Å². The van der Waals surface area contributed by atoms with Gasteiger partial charge in [0.05, 0.1) is 6.54 Å². The second-order valence-corrected chi connectivity index (χ2v) is 5.87. The summed E-state index contributed by atoms with van der Waals surface area (Å²) in [6.45, 7) is 3.73. The van der Waals surface area contributed by atoms with E-state index in [1.165, 1.54) is 6.08 Å². The maximum atomic E-state index is 11.6. The van der Waals surface area contributed by atoms with Crippen LogP contribution in [0.4, 0.5) is 0 Å². The van der Waals surface area contributed by atoms with Crippen LogP contribution in [0.3, 0.4) is 0 Å². The lowest BCUT2D eigenvalue weighted by Gasteiger charge is -2.20. The molecule has 0 aliphatic heterocycles. The molecular weight excluding hydrogens is 234 g/mol. The molecule has 0 bridgehead atoms. The van der Waals surface area contributed by atoms with Gasteiger partial charge in [-0.3, -0.25) is 0 Å². The van der Waals surface area contributed by atoms with Gasteiger partial charge in [0.25, 0.3) is 0 Å². The molecule has 0 aromatic rings. The number of allylic oxidation sites excluding steroid dienone is 1. The van der Waals surface area contributed by atoms with Crippen molar-refractivity contribution in [2.75, 3.05) is 12.3 Å². The lowest BCUT2D eigenvalue weighted by atomic mass is 10.0. The first kappa shape index (κ1) is 12.9. The van der Waals surface area contributed by atoms with E-state index in [0.717, 1.165) is 36.3 Å².